The topological polar surface area (TPSA) is 29.0 Å². The van der Waals surface area contributed by atoms with E-state index in [0.717, 1.165) is 60.6 Å². The predicted molar refractivity (Wildman–Crippen MR) is 96.5 cm³/mol. The van der Waals surface area contributed by atoms with Crippen LogP contribution in [-0.4, -0.2) is 28.0 Å². The van der Waals surface area contributed by atoms with Crippen LogP contribution in [0.2, 0.25) is 0 Å². The molecule has 0 fully saturated rings. The van der Waals surface area contributed by atoms with Gasteiger partial charge in [-0.05, 0) is 48.4 Å². The fraction of sp³-hybridized carbons (Fsp3) is 0.238. The number of halogens is 2. The molecule has 0 bridgehead atoms. The fourth-order valence-electron chi connectivity index (χ4n) is 3.44. The first-order chi connectivity index (χ1) is 12.7. The molecule has 0 radical (unpaired) electrons. The Labute approximate surface area is 151 Å². The molecule has 0 saturated heterocycles. The minimum absolute atomic E-state index is 0.212. The molecule has 0 N–H and O–H groups in total. The Balaban J connectivity index is 1.55. The van der Waals surface area contributed by atoms with Gasteiger partial charge in [0.15, 0.2) is 0 Å². The molecule has 2 heterocycles. The Morgan fingerprint density at radius 2 is 1.46 bits per heavy atom. The molecule has 0 spiro atoms. The molecule has 4 rings (SSSR count). The highest BCUT2D eigenvalue weighted by Crippen LogP contribution is 2.26. The van der Waals surface area contributed by atoms with Gasteiger partial charge in [-0.2, -0.15) is 0 Å². The molecule has 132 valence electrons. The van der Waals surface area contributed by atoms with Gasteiger partial charge in [0.05, 0.1) is 5.69 Å². The highest BCUT2D eigenvalue weighted by molar-refractivity contribution is 5.63. The zero-order valence-electron chi connectivity index (χ0n) is 14.3. The average Bonchev–Trinajstić information content (AvgIpc) is 2.87. The van der Waals surface area contributed by atoms with Crippen molar-refractivity contribution in [3.05, 3.63) is 83.3 Å². The van der Waals surface area contributed by atoms with E-state index >= 15 is 0 Å². The van der Waals surface area contributed by atoms with Crippen LogP contribution >= 0.6 is 0 Å². The lowest BCUT2D eigenvalue weighted by Crippen LogP contribution is -2.25. The van der Waals surface area contributed by atoms with Crippen molar-refractivity contribution in [3.8, 4) is 11.3 Å². The zero-order valence-corrected chi connectivity index (χ0v) is 14.3. The van der Waals surface area contributed by atoms with E-state index in [1.807, 2.05) is 12.1 Å². The Hall–Kier alpha value is -2.66. The third-order valence-electron chi connectivity index (χ3n) is 4.81. The molecule has 0 aliphatic carbocycles. The van der Waals surface area contributed by atoms with Gasteiger partial charge in [0.25, 0.3) is 0 Å². The highest BCUT2D eigenvalue weighted by atomic mass is 19.1. The van der Waals surface area contributed by atoms with Crippen LogP contribution in [0.3, 0.4) is 0 Å². The summed E-state index contributed by atoms with van der Waals surface area (Å²) in [4.78, 5) is 11.3. The number of aromatic nitrogens is 2. The van der Waals surface area contributed by atoms with E-state index in [4.69, 9.17) is 0 Å². The van der Waals surface area contributed by atoms with E-state index in [2.05, 4.69) is 14.9 Å². The van der Waals surface area contributed by atoms with Crippen LogP contribution in [0.25, 0.3) is 11.3 Å². The molecule has 0 atom stereocenters. The second-order valence-corrected chi connectivity index (χ2v) is 6.56. The van der Waals surface area contributed by atoms with Gasteiger partial charge in [-0.15, -0.1) is 0 Å². The first-order valence-corrected chi connectivity index (χ1v) is 8.74. The van der Waals surface area contributed by atoms with Crippen LogP contribution in [-0.2, 0) is 19.4 Å². The van der Waals surface area contributed by atoms with Crippen LogP contribution in [0.5, 0.6) is 0 Å². The van der Waals surface area contributed by atoms with Crippen LogP contribution in [0.4, 0.5) is 8.78 Å². The Bertz CT molecular complexity index is 892. The lowest BCUT2D eigenvalue weighted by Gasteiger charge is -2.19. The number of fused-ring (bicyclic) bond motifs is 1. The van der Waals surface area contributed by atoms with Gasteiger partial charge in [-0.25, -0.2) is 18.7 Å². The van der Waals surface area contributed by atoms with Crippen molar-refractivity contribution >= 4 is 0 Å². The molecule has 2 aromatic carbocycles. The summed E-state index contributed by atoms with van der Waals surface area (Å²) >= 11 is 0. The average molecular weight is 351 g/mol. The summed E-state index contributed by atoms with van der Waals surface area (Å²) in [6.07, 6.45) is 3.27. The van der Waals surface area contributed by atoms with Gasteiger partial charge in [-0.1, -0.05) is 12.1 Å². The van der Waals surface area contributed by atoms with Gasteiger partial charge < -0.3 is 0 Å². The first-order valence-electron chi connectivity index (χ1n) is 8.74. The molecule has 0 saturated carbocycles. The summed E-state index contributed by atoms with van der Waals surface area (Å²) in [5.41, 5.74) is 5.10. The molecule has 1 aromatic heterocycles. The fourth-order valence-corrected chi connectivity index (χ4v) is 3.44. The summed E-state index contributed by atoms with van der Waals surface area (Å²) in [5, 5.41) is 0. The molecule has 26 heavy (non-hydrogen) atoms. The van der Waals surface area contributed by atoms with Crippen LogP contribution in [0.15, 0.2) is 54.9 Å². The minimum atomic E-state index is -0.251. The van der Waals surface area contributed by atoms with Crippen molar-refractivity contribution in [3.63, 3.8) is 0 Å². The van der Waals surface area contributed by atoms with Crippen molar-refractivity contribution in [1.82, 2.24) is 14.9 Å². The van der Waals surface area contributed by atoms with Crippen molar-refractivity contribution in [2.24, 2.45) is 0 Å². The molecular formula is C21H19F2N3. The van der Waals surface area contributed by atoms with Crippen molar-refractivity contribution in [2.75, 3.05) is 13.1 Å². The van der Waals surface area contributed by atoms with Gasteiger partial charge in [-0.3, -0.25) is 4.90 Å². The Morgan fingerprint density at radius 1 is 0.808 bits per heavy atom. The zero-order chi connectivity index (χ0) is 17.9. The third kappa shape index (κ3) is 3.63. The number of nitrogens with zero attached hydrogens (tertiary/aromatic N) is 3. The van der Waals surface area contributed by atoms with Crippen molar-refractivity contribution < 1.29 is 8.78 Å². The van der Waals surface area contributed by atoms with Crippen molar-refractivity contribution in [2.45, 2.75) is 19.4 Å². The molecule has 1 aliphatic heterocycles. The minimum Gasteiger partial charge on any atom is -0.298 e. The number of rotatable bonds is 3. The lowest BCUT2D eigenvalue weighted by atomic mass is 10.0. The van der Waals surface area contributed by atoms with E-state index in [9.17, 15) is 8.78 Å². The largest absolute Gasteiger partial charge is 0.298 e. The van der Waals surface area contributed by atoms with Gasteiger partial charge >= 0.3 is 0 Å². The molecular weight excluding hydrogens is 332 g/mol. The SMILES string of the molecule is Fc1ccc(CN2CCc3ncnc(-c4ccc(F)cc4)c3CC2)cc1. The first kappa shape index (κ1) is 16.8. The van der Waals surface area contributed by atoms with E-state index in [1.54, 1.807) is 18.5 Å². The monoisotopic (exact) mass is 351 g/mol. The maximum atomic E-state index is 13.2. The van der Waals surface area contributed by atoms with Gasteiger partial charge in [0, 0.05) is 42.9 Å². The summed E-state index contributed by atoms with van der Waals surface area (Å²) < 4.78 is 26.3. The van der Waals surface area contributed by atoms with Crippen molar-refractivity contribution in [1.29, 1.82) is 0 Å². The molecule has 0 amide bonds. The summed E-state index contributed by atoms with van der Waals surface area (Å²) in [6, 6.07) is 13.1. The standard InChI is InChI=1S/C21H19F2N3/c22-17-5-1-15(2-6-17)13-26-11-9-19-20(10-12-26)24-14-25-21(19)16-3-7-18(23)8-4-16/h1-8,14H,9-13H2. The molecule has 0 unspecified atom stereocenters. The lowest BCUT2D eigenvalue weighted by molar-refractivity contribution is 0.279. The summed E-state index contributed by atoms with van der Waals surface area (Å²) in [7, 11) is 0. The molecule has 1 aliphatic rings. The molecule has 3 aromatic rings. The maximum Gasteiger partial charge on any atom is 0.123 e. The summed E-state index contributed by atoms with van der Waals surface area (Å²) in [5.74, 6) is -0.462. The highest BCUT2D eigenvalue weighted by Gasteiger charge is 2.19. The van der Waals surface area contributed by atoms with Gasteiger partial charge in [0.2, 0.25) is 0 Å². The predicted octanol–water partition coefficient (Wildman–Crippen LogP) is 4.02. The van der Waals surface area contributed by atoms with Crippen LogP contribution < -0.4 is 0 Å². The maximum absolute atomic E-state index is 13.2. The second-order valence-electron chi connectivity index (χ2n) is 6.56. The quantitative estimate of drug-likeness (QED) is 0.714. The summed E-state index contributed by atoms with van der Waals surface area (Å²) in [6.45, 7) is 2.56. The van der Waals surface area contributed by atoms with Crippen LogP contribution in [0.1, 0.15) is 16.8 Å². The second kappa shape index (κ2) is 7.30. The normalized spacial score (nSPS) is 14.7. The number of hydrogen-bond acceptors (Lipinski definition) is 3. The Kier molecular flexibility index (Phi) is 4.71. The Morgan fingerprint density at radius 3 is 2.19 bits per heavy atom. The van der Waals surface area contributed by atoms with E-state index in [-0.39, 0.29) is 11.6 Å². The molecule has 3 nitrogen and oxygen atoms in total. The third-order valence-corrected chi connectivity index (χ3v) is 4.81. The number of hydrogen-bond donors (Lipinski definition) is 0. The van der Waals surface area contributed by atoms with E-state index in [1.165, 1.54) is 24.3 Å². The smallest absolute Gasteiger partial charge is 0.123 e. The molecule has 5 heteroatoms. The van der Waals surface area contributed by atoms with Crippen LogP contribution in [0, 0.1) is 11.6 Å². The van der Waals surface area contributed by atoms with E-state index < -0.39 is 0 Å². The van der Waals surface area contributed by atoms with Gasteiger partial charge in [0.1, 0.15) is 18.0 Å². The van der Waals surface area contributed by atoms with E-state index in [0.29, 0.717) is 0 Å². The number of benzene rings is 2.